The average Bonchev–Trinajstić information content (AvgIpc) is 2.85. The summed E-state index contributed by atoms with van der Waals surface area (Å²) in [5.41, 5.74) is 2.93. The maximum absolute atomic E-state index is 15.4. The number of benzene rings is 2. The average molecular weight is 456 g/mol. The lowest BCUT2D eigenvalue weighted by molar-refractivity contribution is 0.0968. The fourth-order valence-corrected chi connectivity index (χ4v) is 4.64. The summed E-state index contributed by atoms with van der Waals surface area (Å²) in [7, 11) is 0. The Kier molecular flexibility index (Phi) is 6.02. The molecule has 0 unspecified atom stereocenters. The Labute approximate surface area is 197 Å². The molecule has 0 aliphatic carbocycles. The molecule has 0 radical (unpaired) electrons. The highest BCUT2D eigenvalue weighted by Gasteiger charge is 2.31. The lowest BCUT2D eigenvalue weighted by atomic mass is 10.0. The first-order chi connectivity index (χ1) is 16.5. The van der Waals surface area contributed by atoms with Crippen LogP contribution in [0.3, 0.4) is 0 Å². The van der Waals surface area contributed by atoms with Crippen LogP contribution in [0.15, 0.2) is 61.1 Å². The second-order valence-electron chi connectivity index (χ2n) is 8.72. The number of halogens is 1. The predicted octanol–water partition coefficient (Wildman–Crippen LogP) is 4.85. The van der Waals surface area contributed by atoms with Crippen molar-refractivity contribution in [3.63, 3.8) is 0 Å². The third-order valence-electron chi connectivity index (χ3n) is 6.31. The largest absolute Gasteiger partial charge is 0.315 e. The van der Waals surface area contributed by atoms with Crippen molar-refractivity contribution in [3.05, 3.63) is 83.7 Å². The van der Waals surface area contributed by atoms with Crippen molar-refractivity contribution in [2.24, 2.45) is 0 Å². The minimum Gasteiger partial charge on any atom is -0.315 e. The Morgan fingerprint density at radius 3 is 2.79 bits per heavy atom. The standard InChI is InChI=1S/C27H26FN5O/c1-17-5-3-6-19-10-12-31-26(25(17)19)33(21-7-4-11-29-15-21)27(34)22-9-8-20(13-23(22)28)24-16-30-14-18(2)32-24/h3,5-6,8-10,12-14,16,21,29H,4,7,11,15H2,1-2H3/t21-/m1/s1. The van der Waals surface area contributed by atoms with Gasteiger partial charge in [-0.1, -0.05) is 24.3 Å². The molecular formula is C27H26FN5O. The first-order valence-electron chi connectivity index (χ1n) is 11.5. The highest BCUT2D eigenvalue weighted by molar-refractivity contribution is 6.11. The Hall–Kier alpha value is -3.71. The molecule has 3 heterocycles. The van der Waals surface area contributed by atoms with E-state index >= 15 is 4.39 Å². The van der Waals surface area contributed by atoms with E-state index in [1.807, 2.05) is 38.1 Å². The normalized spacial score (nSPS) is 15.9. The van der Waals surface area contributed by atoms with Crippen LogP contribution in [0.2, 0.25) is 0 Å². The molecule has 0 spiro atoms. The molecule has 1 aliphatic rings. The summed E-state index contributed by atoms with van der Waals surface area (Å²) in [5, 5.41) is 5.29. The molecule has 1 fully saturated rings. The van der Waals surface area contributed by atoms with Gasteiger partial charge in [0.15, 0.2) is 0 Å². The smallest absolute Gasteiger partial charge is 0.262 e. The van der Waals surface area contributed by atoms with E-state index in [2.05, 4.69) is 20.3 Å². The number of rotatable bonds is 4. The third kappa shape index (κ3) is 4.15. The van der Waals surface area contributed by atoms with Crippen molar-refractivity contribution in [2.75, 3.05) is 18.0 Å². The summed E-state index contributed by atoms with van der Waals surface area (Å²) < 4.78 is 15.4. The molecule has 0 bridgehead atoms. The molecule has 1 N–H and O–H groups in total. The van der Waals surface area contributed by atoms with Gasteiger partial charge >= 0.3 is 0 Å². The van der Waals surface area contributed by atoms with Crippen molar-refractivity contribution in [1.29, 1.82) is 0 Å². The number of nitrogens with zero attached hydrogens (tertiary/aromatic N) is 4. The van der Waals surface area contributed by atoms with Crippen LogP contribution in [0.4, 0.5) is 10.2 Å². The maximum Gasteiger partial charge on any atom is 0.262 e. The van der Waals surface area contributed by atoms with E-state index in [-0.39, 0.29) is 11.6 Å². The fourth-order valence-electron chi connectivity index (χ4n) is 4.64. The van der Waals surface area contributed by atoms with Crippen LogP contribution >= 0.6 is 0 Å². The molecule has 34 heavy (non-hydrogen) atoms. The Morgan fingerprint density at radius 1 is 1.15 bits per heavy atom. The number of nitrogens with one attached hydrogen (secondary N) is 1. The van der Waals surface area contributed by atoms with Crippen LogP contribution < -0.4 is 10.2 Å². The number of pyridine rings is 1. The van der Waals surface area contributed by atoms with Crippen LogP contribution in [0.25, 0.3) is 22.0 Å². The summed E-state index contributed by atoms with van der Waals surface area (Å²) in [4.78, 5) is 28.8. The van der Waals surface area contributed by atoms with Gasteiger partial charge in [0.05, 0.1) is 29.2 Å². The second kappa shape index (κ2) is 9.27. The molecular weight excluding hydrogens is 429 g/mol. The van der Waals surface area contributed by atoms with E-state index in [4.69, 9.17) is 0 Å². The van der Waals surface area contributed by atoms with Gasteiger partial charge in [-0.25, -0.2) is 14.4 Å². The number of carbonyl (C=O) groups excluding carboxylic acids is 1. The number of aromatic nitrogens is 3. The molecule has 2 aromatic carbocycles. The van der Waals surface area contributed by atoms with E-state index in [9.17, 15) is 4.79 Å². The van der Waals surface area contributed by atoms with E-state index in [0.29, 0.717) is 23.6 Å². The number of amides is 1. The minimum atomic E-state index is -0.587. The Balaban J connectivity index is 1.60. The zero-order valence-electron chi connectivity index (χ0n) is 19.3. The van der Waals surface area contributed by atoms with Gasteiger partial charge in [0.1, 0.15) is 11.6 Å². The monoisotopic (exact) mass is 455 g/mol. The SMILES string of the molecule is Cc1cncc(-c2ccc(C(=O)N(c3nccc4cccc(C)c34)[C@@H]3CCCNC3)c(F)c2)n1. The van der Waals surface area contributed by atoms with Gasteiger partial charge in [-0.2, -0.15) is 0 Å². The molecule has 4 aromatic rings. The van der Waals surface area contributed by atoms with Crippen LogP contribution in [-0.2, 0) is 0 Å². The van der Waals surface area contributed by atoms with Crippen molar-refractivity contribution >= 4 is 22.5 Å². The number of hydrogen-bond acceptors (Lipinski definition) is 5. The fraction of sp³-hybridized carbons (Fsp3) is 0.259. The van der Waals surface area contributed by atoms with Crippen molar-refractivity contribution in [1.82, 2.24) is 20.3 Å². The number of anilines is 1. The maximum atomic E-state index is 15.4. The first-order valence-corrected chi connectivity index (χ1v) is 11.5. The minimum absolute atomic E-state index is 0.0160. The van der Waals surface area contributed by atoms with Crippen LogP contribution in [-0.4, -0.2) is 40.0 Å². The summed E-state index contributed by atoms with van der Waals surface area (Å²) >= 11 is 0. The number of aryl methyl sites for hydroxylation is 2. The lowest BCUT2D eigenvalue weighted by Crippen LogP contribution is -2.49. The van der Waals surface area contributed by atoms with Gasteiger partial charge in [0, 0.05) is 29.9 Å². The number of carbonyl (C=O) groups is 1. The molecule has 172 valence electrons. The molecule has 7 heteroatoms. The topological polar surface area (TPSA) is 71.0 Å². The molecule has 6 nitrogen and oxygen atoms in total. The summed E-state index contributed by atoms with van der Waals surface area (Å²) in [6.07, 6.45) is 6.70. The van der Waals surface area contributed by atoms with Crippen LogP contribution in [0.1, 0.15) is 34.5 Å². The number of hydrogen-bond donors (Lipinski definition) is 1. The highest BCUT2D eigenvalue weighted by Crippen LogP contribution is 2.32. The van der Waals surface area contributed by atoms with Gasteiger partial charge in [-0.05, 0) is 62.4 Å². The Bertz CT molecular complexity index is 1360. The van der Waals surface area contributed by atoms with Gasteiger partial charge in [-0.3, -0.25) is 14.7 Å². The molecule has 1 saturated heterocycles. The number of piperidine rings is 1. The van der Waals surface area contributed by atoms with Crippen LogP contribution in [0.5, 0.6) is 0 Å². The predicted molar refractivity (Wildman–Crippen MR) is 131 cm³/mol. The highest BCUT2D eigenvalue weighted by atomic mass is 19.1. The van der Waals surface area contributed by atoms with Crippen LogP contribution in [0, 0.1) is 19.7 Å². The molecule has 1 aliphatic heterocycles. The quantitative estimate of drug-likeness (QED) is 0.477. The zero-order chi connectivity index (χ0) is 23.7. The summed E-state index contributed by atoms with van der Waals surface area (Å²) in [6, 6.07) is 12.4. The van der Waals surface area contributed by atoms with Gasteiger partial charge in [0.2, 0.25) is 0 Å². The van der Waals surface area contributed by atoms with Crippen molar-refractivity contribution in [2.45, 2.75) is 32.7 Å². The molecule has 1 atom stereocenters. The lowest BCUT2D eigenvalue weighted by Gasteiger charge is -2.35. The number of fused-ring (bicyclic) bond motifs is 1. The van der Waals surface area contributed by atoms with E-state index < -0.39 is 11.7 Å². The van der Waals surface area contributed by atoms with E-state index in [0.717, 1.165) is 41.4 Å². The van der Waals surface area contributed by atoms with E-state index in [1.54, 1.807) is 29.6 Å². The molecule has 0 saturated carbocycles. The van der Waals surface area contributed by atoms with Crippen molar-refractivity contribution in [3.8, 4) is 11.3 Å². The molecule has 1 amide bonds. The summed E-state index contributed by atoms with van der Waals surface area (Å²) in [5.74, 6) is -0.407. The first kappa shape index (κ1) is 22.1. The molecule has 5 rings (SSSR count). The zero-order valence-corrected chi connectivity index (χ0v) is 19.3. The van der Waals surface area contributed by atoms with Gasteiger partial charge in [-0.15, -0.1) is 0 Å². The van der Waals surface area contributed by atoms with E-state index in [1.165, 1.54) is 12.1 Å². The van der Waals surface area contributed by atoms with Gasteiger partial charge < -0.3 is 5.32 Å². The summed E-state index contributed by atoms with van der Waals surface area (Å²) in [6.45, 7) is 5.38. The molecule has 2 aromatic heterocycles. The Morgan fingerprint density at radius 2 is 2.03 bits per heavy atom. The van der Waals surface area contributed by atoms with Gasteiger partial charge in [0.25, 0.3) is 5.91 Å². The van der Waals surface area contributed by atoms with Crippen molar-refractivity contribution < 1.29 is 9.18 Å². The second-order valence-corrected chi connectivity index (χ2v) is 8.72. The third-order valence-corrected chi connectivity index (χ3v) is 6.31.